The molecule has 1 fully saturated rings. The Morgan fingerprint density at radius 2 is 1.85 bits per heavy atom. The summed E-state index contributed by atoms with van der Waals surface area (Å²) in [5.41, 5.74) is 3.39. The molecule has 0 saturated carbocycles. The van der Waals surface area contributed by atoms with Gasteiger partial charge in [0.1, 0.15) is 11.3 Å². The van der Waals surface area contributed by atoms with E-state index in [1.807, 2.05) is 17.0 Å². The van der Waals surface area contributed by atoms with Gasteiger partial charge in [0.25, 0.3) is 5.56 Å². The Kier molecular flexibility index (Phi) is 7.28. The van der Waals surface area contributed by atoms with E-state index in [1.54, 1.807) is 43.1 Å². The number of fused-ring (bicyclic) bond motifs is 1. The largest absolute Gasteiger partial charge is 0.368 e. The van der Waals surface area contributed by atoms with Gasteiger partial charge >= 0.3 is 0 Å². The van der Waals surface area contributed by atoms with Crippen LogP contribution in [0.4, 0.5) is 27.4 Å². The average Bonchev–Trinajstić information content (AvgIpc) is 2.96. The van der Waals surface area contributed by atoms with Gasteiger partial charge in [-0.05, 0) is 42.0 Å². The van der Waals surface area contributed by atoms with Crippen molar-refractivity contribution in [3.05, 3.63) is 83.6 Å². The van der Waals surface area contributed by atoms with Gasteiger partial charge in [-0.2, -0.15) is 0 Å². The number of carbonyl (C=O) groups excluding carboxylic acids is 2. The normalized spacial score (nSPS) is 13.3. The lowest BCUT2D eigenvalue weighted by molar-refractivity contribution is -0.129. The van der Waals surface area contributed by atoms with Gasteiger partial charge in [-0.25, -0.2) is 14.4 Å². The van der Waals surface area contributed by atoms with E-state index in [0.29, 0.717) is 54.0 Å². The topological polar surface area (TPSA) is 112 Å². The number of aromatic nitrogens is 3. The number of halogens is 1. The van der Waals surface area contributed by atoms with Crippen molar-refractivity contribution in [2.24, 2.45) is 7.05 Å². The van der Waals surface area contributed by atoms with E-state index < -0.39 is 5.82 Å². The minimum absolute atomic E-state index is 0.0381. The predicted octanol–water partition coefficient (Wildman–Crippen LogP) is 3.67. The maximum Gasteiger partial charge on any atom is 0.251 e. The molecule has 1 aliphatic heterocycles. The molecular formula is C29H28FN7O3. The number of piperazine rings is 1. The van der Waals surface area contributed by atoms with E-state index in [0.717, 1.165) is 5.69 Å². The van der Waals surface area contributed by atoms with Crippen molar-refractivity contribution in [3.63, 3.8) is 0 Å². The summed E-state index contributed by atoms with van der Waals surface area (Å²) in [5.74, 6) is -0.630. The van der Waals surface area contributed by atoms with E-state index >= 15 is 4.39 Å². The number of nitrogens with zero attached hydrogens (tertiary/aromatic N) is 5. The van der Waals surface area contributed by atoms with Crippen LogP contribution in [-0.2, 0) is 16.6 Å². The highest BCUT2D eigenvalue weighted by Gasteiger charge is 2.20. The lowest BCUT2D eigenvalue weighted by Crippen LogP contribution is -2.48. The Labute approximate surface area is 229 Å². The number of aryl methyl sites for hydroxylation is 1. The van der Waals surface area contributed by atoms with Gasteiger partial charge in [-0.3, -0.25) is 14.4 Å². The summed E-state index contributed by atoms with van der Waals surface area (Å²) >= 11 is 0. The van der Waals surface area contributed by atoms with E-state index in [-0.39, 0.29) is 29.0 Å². The molecule has 0 spiro atoms. The number of pyridine rings is 1. The summed E-state index contributed by atoms with van der Waals surface area (Å²) in [6.07, 6.45) is 2.69. The third-order valence-corrected chi connectivity index (χ3v) is 6.90. The van der Waals surface area contributed by atoms with Crippen molar-refractivity contribution in [3.8, 4) is 11.1 Å². The van der Waals surface area contributed by atoms with Crippen molar-refractivity contribution in [1.29, 1.82) is 0 Å². The second-order valence-electron chi connectivity index (χ2n) is 9.44. The SMILES string of the molecule is C=CC(=O)Nc1cccc(-c2cc(=O)n(C)c3cnc(Nc4ccc(N5CCN(C(C)=O)CC5)cc4F)nc23)c1. The first kappa shape index (κ1) is 26.5. The Bertz CT molecular complexity index is 1690. The molecule has 204 valence electrons. The van der Waals surface area contributed by atoms with Crippen LogP contribution in [0.15, 0.2) is 72.2 Å². The van der Waals surface area contributed by atoms with Crippen molar-refractivity contribution >= 4 is 45.9 Å². The maximum atomic E-state index is 15.2. The number of benzene rings is 2. The van der Waals surface area contributed by atoms with Crippen molar-refractivity contribution in [2.75, 3.05) is 41.7 Å². The predicted molar refractivity (Wildman–Crippen MR) is 153 cm³/mol. The minimum Gasteiger partial charge on any atom is -0.368 e. The molecule has 1 saturated heterocycles. The molecule has 2 amide bonds. The quantitative estimate of drug-likeness (QED) is 0.358. The first-order chi connectivity index (χ1) is 19.2. The molecule has 3 heterocycles. The second-order valence-corrected chi connectivity index (χ2v) is 9.44. The summed E-state index contributed by atoms with van der Waals surface area (Å²) < 4.78 is 16.6. The lowest BCUT2D eigenvalue weighted by Gasteiger charge is -2.35. The standard InChI is InChI=1S/C29H28FN7O3/c1-4-26(39)32-20-7-5-6-19(14-20)22-16-27(40)35(3)25-17-31-29(34-28(22)25)33-24-9-8-21(15-23(24)30)37-12-10-36(11-13-37)18(2)38/h4-9,14-17H,1,10-13H2,2-3H3,(H,32,39)(H,31,33,34). The molecule has 2 aromatic heterocycles. The molecule has 0 unspecified atom stereocenters. The zero-order valence-electron chi connectivity index (χ0n) is 22.1. The average molecular weight is 542 g/mol. The number of amides is 2. The molecule has 11 heteroatoms. The summed E-state index contributed by atoms with van der Waals surface area (Å²) in [6.45, 7) is 7.45. The highest BCUT2D eigenvalue weighted by atomic mass is 19.1. The van der Waals surface area contributed by atoms with Crippen LogP contribution in [0.1, 0.15) is 6.92 Å². The highest BCUT2D eigenvalue weighted by Crippen LogP contribution is 2.30. The maximum absolute atomic E-state index is 15.2. The summed E-state index contributed by atoms with van der Waals surface area (Å²) in [4.78, 5) is 48.8. The number of anilines is 4. The van der Waals surface area contributed by atoms with Crippen molar-refractivity contribution in [1.82, 2.24) is 19.4 Å². The van der Waals surface area contributed by atoms with Crippen molar-refractivity contribution < 1.29 is 14.0 Å². The number of hydrogen-bond donors (Lipinski definition) is 2. The molecule has 40 heavy (non-hydrogen) atoms. The molecule has 10 nitrogen and oxygen atoms in total. The van der Waals surface area contributed by atoms with Crippen LogP contribution in [0.5, 0.6) is 0 Å². The van der Waals surface area contributed by atoms with Crippen LogP contribution in [-0.4, -0.2) is 57.4 Å². The molecule has 0 bridgehead atoms. The Balaban J connectivity index is 1.45. The molecule has 0 radical (unpaired) electrons. The third kappa shape index (κ3) is 5.39. The van der Waals surface area contributed by atoms with Crippen LogP contribution in [0, 0.1) is 5.82 Å². The minimum atomic E-state index is -0.471. The molecule has 2 N–H and O–H groups in total. The van der Waals surface area contributed by atoms with Gasteiger partial charge in [0.15, 0.2) is 0 Å². The number of nitrogens with one attached hydrogen (secondary N) is 2. The number of rotatable bonds is 6. The summed E-state index contributed by atoms with van der Waals surface area (Å²) in [6, 6.07) is 13.4. The zero-order chi connectivity index (χ0) is 28.4. The molecule has 0 atom stereocenters. The number of hydrogen-bond acceptors (Lipinski definition) is 7. The van der Waals surface area contributed by atoms with Gasteiger partial charge in [0, 0.05) is 63.2 Å². The van der Waals surface area contributed by atoms with Crippen LogP contribution in [0.2, 0.25) is 0 Å². The zero-order valence-corrected chi connectivity index (χ0v) is 22.1. The Morgan fingerprint density at radius 3 is 2.55 bits per heavy atom. The van der Waals surface area contributed by atoms with Gasteiger partial charge in [0.05, 0.1) is 17.4 Å². The first-order valence-electron chi connectivity index (χ1n) is 12.7. The molecule has 5 rings (SSSR count). The Morgan fingerprint density at radius 1 is 1.07 bits per heavy atom. The van der Waals surface area contributed by atoms with Gasteiger partial charge in [-0.1, -0.05) is 18.7 Å². The lowest BCUT2D eigenvalue weighted by atomic mass is 10.0. The fourth-order valence-corrected chi connectivity index (χ4v) is 4.67. The van der Waals surface area contributed by atoms with Crippen LogP contribution < -0.4 is 21.1 Å². The number of carbonyl (C=O) groups is 2. The van der Waals surface area contributed by atoms with Gasteiger partial charge in [0.2, 0.25) is 17.8 Å². The van der Waals surface area contributed by atoms with E-state index in [9.17, 15) is 14.4 Å². The van der Waals surface area contributed by atoms with E-state index in [2.05, 4.69) is 27.2 Å². The second kappa shape index (κ2) is 11.0. The molecule has 1 aliphatic rings. The Hall–Kier alpha value is -5.06. The van der Waals surface area contributed by atoms with Crippen molar-refractivity contribution in [2.45, 2.75) is 6.92 Å². The smallest absolute Gasteiger partial charge is 0.251 e. The van der Waals surface area contributed by atoms with Gasteiger partial charge in [-0.15, -0.1) is 0 Å². The molecule has 2 aromatic carbocycles. The van der Waals surface area contributed by atoms with E-state index in [1.165, 1.54) is 29.0 Å². The van der Waals surface area contributed by atoms with Crippen LogP contribution in [0.25, 0.3) is 22.2 Å². The van der Waals surface area contributed by atoms with Gasteiger partial charge < -0.3 is 25.0 Å². The van der Waals surface area contributed by atoms with E-state index in [4.69, 9.17) is 0 Å². The first-order valence-corrected chi connectivity index (χ1v) is 12.7. The fraction of sp³-hybridized carbons (Fsp3) is 0.207. The molecule has 4 aromatic rings. The third-order valence-electron chi connectivity index (χ3n) is 6.90. The molecule has 0 aliphatic carbocycles. The van der Waals surface area contributed by atoms with Crippen LogP contribution in [0.3, 0.4) is 0 Å². The fourth-order valence-electron chi connectivity index (χ4n) is 4.67. The monoisotopic (exact) mass is 541 g/mol. The summed E-state index contributed by atoms with van der Waals surface area (Å²) in [7, 11) is 1.63. The van der Waals surface area contributed by atoms with Crippen LogP contribution >= 0.6 is 0 Å². The summed E-state index contributed by atoms with van der Waals surface area (Å²) in [5, 5.41) is 5.66. The molecular weight excluding hydrogens is 513 g/mol. The highest BCUT2D eigenvalue weighted by molar-refractivity contribution is 6.00.